The van der Waals surface area contributed by atoms with Crippen LogP contribution < -0.4 is 0 Å². The third kappa shape index (κ3) is 3.31. The van der Waals surface area contributed by atoms with Gasteiger partial charge in [0.1, 0.15) is 0 Å². The normalized spacial score (nSPS) is 11.4. The lowest BCUT2D eigenvalue weighted by molar-refractivity contribution is 0.0696. The Hall–Kier alpha value is -0.880. The molecule has 0 bridgehead atoms. The summed E-state index contributed by atoms with van der Waals surface area (Å²) in [5, 5.41) is 8.94. The van der Waals surface area contributed by atoms with Gasteiger partial charge >= 0.3 is 5.97 Å². The van der Waals surface area contributed by atoms with Crippen LogP contribution in [0, 0.1) is 0 Å². The summed E-state index contributed by atoms with van der Waals surface area (Å²) in [6, 6.07) is 4.55. The standard InChI is InChI=1S/C10H11BrO4S/c1-2-16(14,15)6-7-3-4-8(11)5-9(7)10(12)13/h3-5H,2,6H2,1H3,(H,12,13). The van der Waals surface area contributed by atoms with E-state index in [0.717, 1.165) is 0 Å². The minimum atomic E-state index is -3.22. The van der Waals surface area contributed by atoms with Crippen molar-refractivity contribution in [1.29, 1.82) is 0 Å². The Morgan fingerprint density at radius 2 is 2.06 bits per heavy atom. The lowest BCUT2D eigenvalue weighted by atomic mass is 10.1. The van der Waals surface area contributed by atoms with E-state index < -0.39 is 15.8 Å². The molecule has 0 heterocycles. The molecule has 1 rings (SSSR count). The van der Waals surface area contributed by atoms with Crippen molar-refractivity contribution >= 4 is 31.7 Å². The van der Waals surface area contributed by atoms with Gasteiger partial charge in [-0.25, -0.2) is 13.2 Å². The first-order valence-electron chi connectivity index (χ1n) is 4.58. The molecule has 0 atom stereocenters. The summed E-state index contributed by atoms with van der Waals surface area (Å²) in [6.45, 7) is 1.54. The number of sulfone groups is 1. The topological polar surface area (TPSA) is 71.4 Å². The molecule has 0 saturated heterocycles. The number of hydrogen-bond acceptors (Lipinski definition) is 3. The summed E-state index contributed by atoms with van der Waals surface area (Å²) < 4.78 is 23.5. The third-order valence-corrected chi connectivity index (χ3v) is 4.24. The number of rotatable bonds is 4. The van der Waals surface area contributed by atoms with Crippen molar-refractivity contribution in [3.05, 3.63) is 33.8 Å². The van der Waals surface area contributed by atoms with Gasteiger partial charge in [0.05, 0.1) is 11.3 Å². The van der Waals surface area contributed by atoms with Gasteiger partial charge in [-0.1, -0.05) is 28.9 Å². The number of benzene rings is 1. The summed E-state index contributed by atoms with van der Waals surface area (Å²) in [6.07, 6.45) is 0. The summed E-state index contributed by atoms with van der Waals surface area (Å²) in [5.41, 5.74) is 0.337. The van der Waals surface area contributed by atoms with Crippen LogP contribution in [0.15, 0.2) is 22.7 Å². The van der Waals surface area contributed by atoms with Crippen molar-refractivity contribution in [1.82, 2.24) is 0 Å². The van der Waals surface area contributed by atoms with Gasteiger partial charge in [-0.15, -0.1) is 0 Å². The monoisotopic (exact) mass is 306 g/mol. The van der Waals surface area contributed by atoms with E-state index in [2.05, 4.69) is 15.9 Å². The van der Waals surface area contributed by atoms with E-state index in [0.29, 0.717) is 10.0 Å². The predicted octanol–water partition coefficient (Wildman–Crippen LogP) is 2.08. The zero-order chi connectivity index (χ0) is 12.3. The van der Waals surface area contributed by atoms with Crippen molar-refractivity contribution in [2.45, 2.75) is 12.7 Å². The molecule has 0 aliphatic carbocycles. The molecule has 0 amide bonds. The highest BCUT2D eigenvalue weighted by Crippen LogP contribution is 2.19. The van der Waals surface area contributed by atoms with Crippen LogP contribution in [-0.2, 0) is 15.6 Å². The van der Waals surface area contributed by atoms with Gasteiger partial charge in [0.15, 0.2) is 9.84 Å². The van der Waals surface area contributed by atoms with Gasteiger partial charge in [0.25, 0.3) is 0 Å². The van der Waals surface area contributed by atoms with E-state index in [1.165, 1.54) is 19.1 Å². The van der Waals surface area contributed by atoms with Crippen LogP contribution in [0.1, 0.15) is 22.8 Å². The molecule has 1 N–H and O–H groups in total. The van der Waals surface area contributed by atoms with E-state index in [-0.39, 0.29) is 17.1 Å². The summed E-state index contributed by atoms with van der Waals surface area (Å²) in [7, 11) is -3.22. The molecule has 88 valence electrons. The van der Waals surface area contributed by atoms with E-state index >= 15 is 0 Å². The largest absolute Gasteiger partial charge is 0.478 e. The second-order valence-corrected chi connectivity index (χ2v) is 6.55. The number of carboxylic acid groups (broad SMARTS) is 1. The number of hydrogen-bond donors (Lipinski definition) is 1. The lowest BCUT2D eigenvalue weighted by Crippen LogP contribution is -2.11. The van der Waals surface area contributed by atoms with E-state index in [1.807, 2.05) is 0 Å². The van der Waals surface area contributed by atoms with Gasteiger partial charge in [0.2, 0.25) is 0 Å². The minimum Gasteiger partial charge on any atom is -0.478 e. The highest BCUT2D eigenvalue weighted by molar-refractivity contribution is 9.10. The van der Waals surface area contributed by atoms with Crippen LogP contribution >= 0.6 is 15.9 Å². The highest BCUT2D eigenvalue weighted by Gasteiger charge is 2.16. The van der Waals surface area contributed by atoms with Crippen LogP contribution in [0.3, 0.4) is 0 Å². The average molecular weight is 307 g/mol. The number of carbonyl (C=O) groups is 1. The molecule has 0 fully saturated rings. The van der Waals surface area contributed by atoms with Crippen molar-refractivity contribution in [2.75, 3.05) is 5.75 Å². The highest BCUT2D eigenvalue weighted by atomic mass is 79.9. The van der Waals surface area contributed by atoms with Crippen LogP contribution in [0.5, 0.6) is 0 Å². The zero-order valence-corrected chi connectivity index (χ0v) is 11.0. The molecular formula is C10H11BrO4S. The molecule has 1 aromatic rings. The van der Waals surface area contributed by atoms with Gasteiger partial charge in [-0.05, 0) is 17.7 Å². The average Bonchev–Trinajstić information content (AvgIpc) is 2.20. The maximum Gasteiger partial charge on any atom is 0.336 e. The SMILES string of the molecule is CCS(=O)(=O)Cc1ccc(Br)cc1C(=O)O. The van der Waals surface area contributed by atoms with Crippen LogP contribution in [0.25, 0.3) is 0 Å². The summed E-state index contributed by atoms with van der Waals surface area (Å²) in [5.74, 6) is -1.36. The predicted molar refractivity (Wildman–Crippen MR) is 64.3 cm³/mol. The van der Waals surface area contributed by atoms with Crippen LogP contribution in [0.4, 0.5) is 0 Å². The smallest absolute Gasteiger partial charge is 0.336 e. The first-order valence-corrected chi connectivity index (χ1v) is 7.19. The second kappa shape index (κ2) is 4.97. The Kier molecular flexibility index (Phi) is 4.09. The summed E-state index contributed by atoms with van der Waals surface area (Å²) in [4.78, 5) is 10.9. The first kappa shape index (κ1) is 13.2. The molecule has 1 aromatic carbocycles. The maximum absolute atomic E-state index is 11.4. The minimum absolute atomic E-state index is 0.00211. The van der Waals surface area contributed by atoms with Crippen molar-refractivity contribution < 1.29 is 18.3 Å². The fraction of sp³-hybridized carbons (Fsp3) is 0.300. The number of carboxylic acids is 1. The second-order valence-electron chi connectivity index (χ2n) is 3.28. The van der Waals surface area contributed by atoms with E-state index in [9.17, 15) is 13.2 Å². The first-order chi connectivity index (χ1) is 7.35. The Labute approximate surface area is 102 Å². The molecule has 0 spiro atoms. The molecule has 0 radical (unpaired) electrons. The van der Waals surface area contributed by atoms with E-state index in [4.69, 9.17) is 5.11 Å². The van der Waals surface area contributed by atoms with Gasteiger partial charge in [-0.2, -0.15) is 0 Å². The third-order valence-electron chi connectivity index (χ3n) is 2.12. The molecule has 4 nitrogen and oxygen atoms in total. The van der Waals surface area contributed by atoms with Crippen LogP contribution in [-0.4, -0.2) is 25.2 Å². The molecule has 0 aromatic heterocycles. The Morgan fingerprint density at radius 3 is 2.56 bits per heavy atom. The van der Waals surface area contributed by atoms with E-state index in [1.54, 1.807) is 6.07 Å². The molecule has 0 unspecified atom stereocenters. The van der Waals surface area contributed by atoms with Gasteiger partial charge < -0.3 is 5.11 Å². The molecular weight excluding hydrogens is 296 g/mol. The van der Waals surface area contributed by atoms with Gasteiger partial charge in [-0.3, -0.25) is 0 Å². The van der Waals surface area contributed by atoms with Crippen molar-refractivity contribution in [3.63, 3.8) is 0 Å². The van der Waals surface area contributed by atoms with Crippen LogP contribution in [0.2, 0.25) is 0 Å². The quantitative estimate of drug-likeness (QED) is 0.924. The Bertz CT molecular complexity index is 508. The number of halogens is 1. The molecule has 0 aliphatic heterocycles. The Balaban J connectivity index is 3.19. The molecule has 6 heteroatoms. The molecule has 16 heavy (non-hydrogen) atoms. The van der Waals surface area contributed by atoms with Crippen molar-refractivity contribution in [2.24, 2.45) is 0 Å². The number of aromatic carboxylic acids is 1. The summed E-state index contributed by atoms with van der Waals surface area (Å²) >= 11 is 3.15. The fourth-order valence-corrected chi connectivity index (χ4v) is 2.50. The maximum atomic E-state index is 11.4. The van der Waals surface area contributed by atoms with Gasteiger partial charge in [0, 0.05) is 10.2 Å². The lowest BCUT2D eigenvalue weighted by Gasteiger charge is -2.06. The Morgan fingerprint density at radius 1 is 1.44 bits per heavy atom. The molecule has 0 aliphatic rings. The zero-order valence-electron chi connectivity index (χ0n) is 8.60. The fourth-order valence-electron chi connectivity index (χ4n) is 1.21. The van der Waals surface area contributed by atoms with Crippen molar-refractivity contribution in [3.8, 4) is 0 Å². The molecule has 0 saturated carbocycles.